The Bertz CT molecular complexity index is 622. The summed E-state index contributed by atoms with van der Waals surface area (Å²) in [7, 11) is 4.95. The molecule has 0 radical (unpaired) electrons. The number of ether oxygens (including phenoxy) is 1. The summed E-state index contributed by atoms with van der Waals surface area (Å²) in [5.74, 6) is 0.00266. The number of benzene rings is 1. The van der Waals surface area contributed by atoms with Gasteiger partial charge in [0.15, 0.2) is 11.5 Å². The zero-order valence-electron chi connectivity index (χ0n) is 12.0. The van der Waals surface area contributed by atoms with E-state index in [1.807, 2.05) is 45.3 Å². The SMILES string of the molecule is COC(=O)c1nc(-c2ccc(C)cc2)cnc1N(C)C. The van der Waals surface area contributed by atoms with Gasteiger partial charge in [0, 0.05) is 19.7 Å². The molecule has 2 rings (SSSR count). The molecular weight excluding hydrogens is 254 g/mol. The number of anilines is 1. The van der Waals surface area contributed by atoms with E-state index >= 15 is 0 Å². The smallest absolute Gasteiger partial charge is 0.360 e. The first-order chi connectivity index (χ1) is 9.52. The average molecular weight is 271 g/mol. The molecular formula is C15H17N3O2. The van der Waals surface area contributed by atoms with Crippen LogP contribution in [0.2, 0.25) is 0 Å². The Labute approximate surface area is 118 Å². The van der Waals surface area contributed by atoms with Crippen LogP contribution in [-0.2, 0) is 4.74 Å². The fraction of sp³-hybridized carbons (Fsp3) is 0.267. The second-order valence-corrected chi connectivity index (χ2v) is 4.68. The van der Waals surface area contributed by atoms with Crippen molar-refractivity contribution < 1.29 is 9.53 Å². The molecule has 0 bridgehead atoms. The highest BCUT2D eigenvalue weighted by molar-refractivity contribution is 5.93. The second kappa shape index (κ2) is 5.69. The number of hydrogen-bond donors (Lipinski definition) is 0. The Morgan fingerprint density at radius 1 is 1.20 bits per heavy atom. The van der Waals surface area contributed by atoms with Crippen LogP contribution in [0.15, 0.2) is 30.5 Å². The van der Waals surface area contributed by atoms with E-state index in [9.17, 15) is 4.79 Å². The molecule has 1 heterocycles. The van der Waals surface area contributed by atoms with Crippen molar-refractivity contribution in [2.75, 3.05) is 26.1 Å². The summed E-state index contributed by atoms with van der Waals surface area (Å²) < 4.78 is 4.77. The van der Waals surface area contributed by atoms with Crippen molar-refractivity contribution in [2.24, 2.45) is 0 Å². The number of methoxy groups -OCH3 is 1. The third-order valence-electron chi connectivity index (χ3n) is 2.90. The van der Waals surface area contributed by atoms with Crippen LogP contribution in [0.3, 0.4) is 0 Å². The second-order valence-electron chi connectivity index (χ2n) is 4.68. The fourth-order valence-corrected chi connectivity index (χ4v) is 1.81. The first kappa shape index (κ1) is 14.0. The van der Waals surface area contributed by atoms with E-state index in [1.165, 1.54) is 12.7 Å². The van der Waals surface area contributed by atoms with Crippen LogP contribution < -0.4 is 4.90 Å². The lowest BCUT2D eigenvalue weighted by molar-refractivity contribution is 0.0594. The molecule has 20 heavy (non-hydrogen) atoms. The van der Waals surface area contributed by atoms with Gasteiger partial charge < -0.3 is 9.64 Å². The van der Waals surface area contributed by atoms with Crippen molar-refractivity contribution >= 4 is 11.8 Å². The highest BCUT2D eigenvalue weighted by atomic mass is 16.5. The van der Waals surface area contributed by atoms with Crippen LogP contribution in [-0.4, -0.2) is 37.1 Å². The Kier molecular flexibility index (Phi) is 3.98. The third-order valence-corrected chi connectivity index (χ3v) is 2.90. The maximum absolute atomic E-state index is 11.8. The molecule has 0 aliphatic rings. The van der Waals surface area contributed by atoms with Crippen molar-refractivity contribution in [3.63, 3.8) is 0 Å². The number of esters is 1. The minimum absolute atomic E-state index is 0.218. The van der Waals surface area contributed by atoms with E-state index in [0.717, 1.165) is 5.56 Å². The molecule has 5 heteroatoms. The Morgan fingerprint density at radius 3 is 2.40 bits per heavy atom. The number of hydrogen-bond acceptors (Lipinski definition) is 5. The van der Waals surface area contributed by atoms with Gasteiger partial charge in [0.2, 0.25) is 0 Å². The summed E-state index contributed by atoms with van der Waals surface area (Å²) in [6, 6.07) is 7.90. The molecule has 0 atom stereocenters. The Morgan fingerprint density at radius 2 is 1.85 bits per heavy atom. The van der Waals surface area contributed by atoms with Crippen molar-refractivity contribution in [1.82, 2.24) is 9.97 Å². The normalized spacial score (nSPS) is 10.2. The predicted molar refractivity (Wildman–Crippen MR) is 77.9 cm³/mol. The van der Waals surface area contributed by atoms with Gasteiger partial charge in [0.05, 0.1) is 19.0 Å². The van der Waals surface area contributed by atoms with E-state index in [0.29, 0.717) is 11.5 Å². The minimum Gasteiger partial charge on any atom is -0.464 e. The van der Waals surface area contributed by atoms with Gasteiger partial charge in [-0.15, -0.1) is 0 Å². The molecule has 0 saturated heterocycles. The quantitative estimate of drug-likeness (QED) is 0.802. The Balaban J connectivity index is 2.51. The van der Waals surface area contributed by atoms with Crippen LogP contribution in [0.1, 0.15) is 16.1 Å². The standard InChI is InChI=1S/C15H17N3O2/c1-10-5-7-11(8-6-10)12-9-16-14(18(2)3)13(17-12)15(19)20-4/h5-9H,1-4H3. The van der Waals surface area contributed by atoms with Crippen LogP contribution in [0.4, 0.5) is 5.82 Å². The van der Waals surface area contributed by atoms with Crippen LogP contribution >= 0.6 is 0 Å². The van der Waals surface area contributed by atoms with Gasteiger partial charge in [-0.1, -0.05) is 29.8 Å². The molecule has 1 aromatic heterocycles. The maximum atomic E-state index is 11.8. The van der Waals surface area contributed by atoms with E-state index in [4.69, 9.17) is 4.74 Å². The predicted octanol–water partition coefficient (Wildman–Crippen LogP) is 2.30. The Hall–Kier alpha value is -2.43. The molecule has 0 spiro atoms. The first-order valence-corrected chi connectivity index (χ1v) is 6.22. The largest absolute Gasteiger partial charge is 0.464 e. The summed E-state index contributed by atoms with van der Waals surface area (Å²) in [4.78, 5) is 22.3. The van der Waals surface area contributed by atoms with Gasteiger partial charge in [-0.05, 0) is 6.92 Å². The highest BCUT2D eigenvalue weighted by Gasteiger charge is 2.18. The molecule has 2 aromatic rings. The summed E-state index contributed by atoms with van der Waals surface area (Å²) in [5, 5.41) is 0. The molecule has 5 nitrogen and oxygen atoms in total. The molecule has 0 N–H and O–H groups in total. The van der Waals surface area contributed by atoms with Gasteiger partial charge in [-0.3, -0.25) is 0 Å². The highest BCUT2D eigenvalue weighted by Crippen LogP contribution is 2.21. The number of rotatable bonds is 3. The number of aromatic nitrogens is 2. The van der Waals surface area contributed by atoms with Crippen LogP contribution in [0.5, 0.6) is 0 Å². The third kappa shape index (κ3) is 2.77. The van der Waals surface area contributed by atoms with Crippen LogP contribution in [0.25, 0.3) is 11.3 Å². The summed E-state index contributed by atoms with van der Waals surface area (Å²) >= 11 is 0. The van der Waals surface area contributed by atoms with Gasteiger partial charge in [-0.25, -0.2) is 14.8 Å². The van der Waals surface area contributed by atoms with E-state index in [2.05, 4.69) is 9.97 Å². The first-order valence-electron chi connectivity index (χ1n) is 6.22. The van der Waals surface area contributed by atoms with Crippen LogP contribution in [0, 0.1) is 6.92 Å². The minimum atomic E-state index is -0.491. The number of carbonyl (C=O) groups is 1. The molecule has 0 aliphatic heterocycles. The number of nitrogens with zero attached hydrogens (tertiary/aromatic N) is 3. The van der Waals surface area contributed by atoms with E-state index in [1.54, 1.807) is 11.1 Å². The zero-order chi connectivity index (χ0) is 14.7. The van der Waals surface area contributed by atoms with Crippen molar-refractivity contribution in [3.05, 3.63) is 41.7 Å². The lowest BCUT2D eigenvalue weighted by Gasteiger charge is -2.15. The van der Waals surface area contributed by atoms with Gasteiger partial charge in [0.1, 0.15) is 0 Å². The summed E-state index contributed by atoms with van der Waals surface area (Å²) in [6.45, 7) is 2.02. The molecule has 0 amide bonds. The molecule has 104 valence electrons. The van der Waals surface area contributed by atoms with Gasteiger partial charge >= 0.3 is 5.97 Å². The molecule has 0 unspecified atom stereocenters. The monoisotopic (exact) mass is 271 g/mol. The lowest BCUT2D eigenvalue weighted by atomic mass is 10.1. The lowest BCUT2D eigenvalue weighted by Crippen LogP contribution is -2.18. The number of carbonyl (C=O) groups excluding carboxylic acids is 1. The van der Waals surface area contributed by atoms with Crippen molar-refractivity contribution in [2.45, 2.75) is 6.92 Å². The molecule has 0 aliphatic carbocycles. The van der Waals surface area contributed by atoms with E-state index < -0.39 is 5.97 Å². The number of aryl methyl sites for hydroxylation is 1. The maximum Gasteiger partial charge on any atom is 0.360 e. The summed E-state index contributed by atoms with van der Waals surface area (Å²) in [6.07, 6.45) is 1.66. The van der Waals surface area contributed by atoms with E-state index in [-0.39, 0.29) is 5.69 Å². The van der Waals surface area contributed by atoms with Crippen molar-refractivity contribution in [1.29, 1.82) is 0 Å². The topological polar surface area (TPSA) is 55.3 Å². The van der Waals surface area contributed by atoms with Crippen molar-refractivity contribution in [3.8, 4) is 11.3 Å². The molecule has 0 fully saturated rings. The summed E-state index contributed by atoms with van der Waals surface area (Å²) in [5.41, 5.74) is 2.95. The fourth-order valence-electron chi connectivity index (χ4n) is 1.81. The molecule has 0 saturated carbocycles. The average Bonchev–Trinajstić information content (AvgIpc) is 2.46. The van der Waals surface area contributed by atoms with Gasteiger partial charge in [0.25, 0.3) is 0 Å². The molecule has 1 aromatic carbocycles. The zero-order valence-corrected chi connectivity index (χ0v) is 12.0. The van der Waals surface area contributed by atoms with Gasteiger partial charge in [-0.2, -0.15) is 0 Å².